The summed E-state index contributed by atoms with van der Waals surface area (Å²) in [6.07, 6.45) is 1.84. The largest absolute Gasteiger partial charge is 0.491 e. The summed E-state index contributed by atoms with van der Waals surface area (Å²) in [4.78, 5) is 13.5. The van der Waals surface area contributed by atoms with Gasteiger partial charge in [-0.3, -0.25) is 0 Å². The number of aromatic nitrogens is 2. The molecule has 4 rings (SSSR count). The molecule has 9 heteroatoms. The normalized spacial score (nSPS) is 10.5. The highest BCUT2D eigenvalue weighted by Gasteiger charge is 2.21. The lowest BCUT2D eigenvalue weighted by molar-refractivity contribution is 0.201. The Balaban J connectivity index is 1.63. The van der Waals surface area contributed by atoms with Crippen LogP contribution in [0.2, 0.25) is 0 Å². The molecule has 35 heavy (non-hydrogen) atoms. The molecule has 0 unspecified atom stereocenters. The van der Waals surface area contributed by atoms with Gasteiger partial charge in [-0.05, 0) is 24.6 Å². The number of nitrogens with two attached hydrogens (primary N) is 1. The van der Waals surface area contributed by atoms with Crippen molar-refractivity contribution in [3.05, 3.63) is 82.1 Å². The van der Waals surface area contributed by atoms with Crippen LogP contribution in [0.3, 0.4) is 0 Å². The van der Waals surface area contributed by atoms with Crippen LogP contribution in [0.25, 0.3) is 26.5 Å². The number of rotatable bonds is 8. The summed E-state index contributed by atoms with van der Waals surface area (Å²) in [6.45, 7) is 9.76. The number of benzene rings is 2. The van der Waals surface area contributed by atoms with Crippen LogP contribution in [-0.4, -0.2) is 28.3 Å². The minimum atomic E-state index is -0.0874. The maximum absolute atomic E-state index is 10.0. The minimum Gasteiger partial charge on any atom is -0.491 e. The zero-order chi connectivity index (χ0) is 24.8. The maximum atomic E-state index is 10.0. The van der Waals surface area contributed by atoms with E-state index in [0.29, 0.717) is 33.2 Å². The lowest BCUT2D eigenvalue weighted by atomic mass is 10.00. The van der Waals surface area contributed by atoms with Crippen LogP contribution in [0.1, 0.15) is 16.0 Å². The Labute approximate surface area is 211 Å². The molecule has 2 aromatic heterocycles. The second-order valence-corrected chi connectivity index (χ2v) is 9.59. The van der Waals surface area contributed by atoms with E-state index in [1.54, 1.807) is 35.6 Å². The molecule has 0 spiro atoms. The van der Waals surface area contributed by atoms with E-state index in [2.05, 4.69) is 45.1 Å². The third-order valence-electron chi connectivity index (χ3n) is 5.10. The number of nitriles is 1. The van der Waals surface area contributed by atoms with Gasteiger partial charge in [0.05, 0.1) is 18.7 Å². The van der Waals surface area contributed by atoms with Crippen molar-refractivity contribution in [2.45, 2.75) is 17.7 Å². The number of nitrogen functional groups attached to an aromatic ring is 1. The molecule has 0 amide bonds. The second-order valence-electron chi connectivity index (χ2n) is 7.51. The van der Waals surface area contributed by atoms with E-state index in [1.165, 1.54) is 17.3 Å². The molecule has 0 atom stereocenters. The third-order valence-corrected chi connectivity index (χ3v) is 7.35. The SMILES string of the molecule is [C-]#[N+]c1c(N)nc(SCc2cnc(-c3ccc(C)cc3)s2)c(C#N)c1-c1ccc(OCCO)cc1. The standard InChI is InChI=1S/C26H21N5O2S2/c1-16-3-5-18(6-4-16)25-30-14-20(35-25)15-34-26-21(13-27)22(23(29-2)24(28)31-26)17-7-9-19(10-8-17)33-12-11-32/h3-10,14,32H,11-12,15H2,1H3,(H2,28,31). The Morgan fingerprint density at radius 1 is 1.17 bits per heavy atom. The first-order chi connectivity index (χ1) is 17.0. The minimum absolute atomic E-state index is 0.0850. The summed E-state index contributed by atoms with van der Waals surface area (Å²) >= 11 is 2.98. The lowest BCUT2D eigenvalue weighted by Gasteiger charge is -2.13. The molecule has 3 N–H and O–H groups in total. The first-order valence-electron chi connectivity index (χ1n) is 10.6. The highest BCUT2D eigenvalue weighted by Crippen LogP contribution is 2.42. The molecule has 0 fully saturated rings. The maximum Gasteiger partial charge on any atom is 0.236 e. The Morgan fingerprint density at radius 2 is 1.89 bits per heavy atom. The monoisotopic (exact) mass is 499 g/mol. The second kappa shape index (κ2) is 11.0. The van der Waals surface area contributed by atoms with Crippen molar-refractivity contribution in [1.82, 2.24) is 9.97 Å². The molecule has 174 valence electrons. The number of aliphatic hydroxyl groups is 1. The van der Waals surface area contributed by atoms with E-state index < -0.39 is 0 Å². The summed E-state index contributed by atoms with van der Waals surface area (Å²) in [5, 5.41) is 20.3. The summed E-state index contributed by atoms with van der Waals surface area (Å²) in [7, 11) is 0. The van der Waals surface area contributed by atoms with Crippen molar-refractivity contribution < 1.29 is 9.84 Å². The van der Waals surface area contributed by atoms with E-state index in [4.69, 9.17) is 22.1 Å². The van der Waals surface area contributed by atoms with Gasteiger partial charge in [-0.1, -0.05) is 53.7 Å². The topological polar surface area (TPSA) is 109 Å². The Kier molecular flexibility index (Phi) is 7.64. The molecule has 0 saturated carbocycles. The summed E-state index contributed by atoms with van der Waals surface area (Å²) < 4.78 is 5.41. The average molecular weight is 500 g/mol. The van der Waals surface area contributed by atoms with Gasteiger partial charge in [-0.25, -0.2) is 14.8 Å². The number of hydrogen-bond acceptors (Lipinski definition) is 8. The van der Waals surface area contributed by atoms with E-state index in [0.717, 1.165) is 15.4 Å². The van der Waals surface area contributed by atoms with E-state index >= 15 is 0 Å². The average Bonchev–Trinajstić information content (AvgIpc) is 3.35. The van der Waals surface area contributed by atoms with Crippen LogP contribution in [0.5, 0.6) is 5.75 Å². The van der Waals surface area contributed by atoms with Crippen molar-refractivity contribution in [1.29, 1.82) is 5.26 Å². The van der Waals surface area contributed by atoms with Gasteiger partial charge < -0.3 is 15.6 Å². The quantitative estimate of drug-likeness (QED) is 0.231. The Bertz CT molecular complexity index is 1420. The molecule has 0 bridgehead atoms. The Morgan fingerprint density at radius 3 is 2.54 bits per heavy atom. The highest BCUT2D eigenvalue weighted by molar-refractivity contribution is 7.98. The van der Waals surface area contributed by atoms with Gasteiger partial charge in [0.2, 0.25) is 5.69 Å². The van der Waals surface area contributed by atoms with Crippen LogP contribution >= 0.6 is 23.1 Å². The zero-order valence-corrected chi connectivity index (χ0v) is 20.5. The number of nitrogens with zero attached hydrogens (tertiary/aromatic N) is 4. The fourth-order valence-corrected chi connectivity index (χ4v) is 5.33. The molecule has 0 aliphatic heterocycles. The number of aryl methyl sites for hydroxylation is 1. The smallest absolute Gasteiger partial charge is 0.236 e. The van der Waals surface area contributed by atoms with Crippen LogP contribution in [-0.2, 0) is 5.75 Å². The van der Waals surface area contributed by atoms with Gasteiger partial charge in [0, 0.05) is 28.0 Å². The number of thiazole rings is 1. The molecular formula is C26H21N5O2S2. The van der Waals surface area contributed by atoms with Crippen molar-refractivity contribution in [2.75, 3.05) is 18.9 Å². The van der Waals surface area contributed by atoms with Crippen molar-refractivity contribution >= 4 is 34.6 Å². The molecule has 2 heterocycles. The van der Waals surface area contributed by atoms with E-state index in [-0.39, 0.29) is 24.7 Å². The Hall–Kier alpha value is -3.89. The van der Waals surface area contributed by atoms with Gasteiger partial charge in [-0.15, -0.1) is 11.3 Å². The molecule has 0 aliphatic rings. The highest BCUT2D eigenvalue weighted by atomic mass is 32.2. The number of aliphatic hydroxyl groups excluding tert-OH is 1. The van der Waals surface area contributed by atoms with Gasteiger partial charge in [-0.2, -0.15) is 5.26 Å². The number of anilines is 1. The summed E-state index contributed by atoms with van der Waals surface area (Å²) in [5.41, 5.74) is 9.97. The van der Waals surface area contributed by atoms with E-state index in [1.807, 2.05) is 13.1 Å². The molecule has 7 nitrogen and oxygen atoms in total. The van der Waals surface area contributed by atoms with Crippen molar-refractivity contribution in [3.8, 4) is 33.5 Å². The zero-order valence-electron chi connectivity index (χ0n) is 18.9. The van der Waals surface area contributed by atoms with Gasteiger partial charge >= 0.3 is 0 Å². The predicted molar refractivity (Wildman–Crippen MR) is 139 cm³/mol. The van der Waals surface area contributed by atoms with Gasteiger partial charge in [0.25, 0.3) is 0 Å². The van der Waals surface area contributed by atoms with E-state index in [9.17, 15) is 5.26 Å². The number of thioether (sulfide) groups is 1. The number of ether oxygens (including phenoxy) is 1. The van der Waals surface area contributed by atoms with Crippen LogP contribution in [0.15, 0.2) is 59.8 Å². The number of hydrogen-bond donors (Lipinski definition) is 2. The first kappa shape index (κ1) is 24.2. The van der Waals surface area contributed by atoms with Crippen LogP contribution in [0.4, 0.5) is 11.5 Å². The molecule has 0 saturated heterocycles. The van der Waals surface area contributed by atoms with Crippen LogP contribution in [0, 0.1) is 24.8 Å². The van der Waals surface area contributed by atoms with Crippen LogP contribution < -0.4 is 10.5 Å². The summed E-state index contributed by atoms with van der Waals surface area (Å²) in [5.74, 6) is 1.23. The van der Waals surface area contributed by atoms with Gasteiger partial charge in [0.1, 0.15) is 34.3 Å². The molecule has 2 aromatic carbocycles. The number of pyridine rings is 1. The van der Waals surface area contributed by atoms with Crippen molar-refractivity contribution in [2.24, 2.45) is 0 Å². The van der Waals surface area contributed by atoms with Gasteiger partial charge in [0.15, 0.2) is 0 Å². The fraction of sp³-hybridized carbons (Fsp3) is 0.154. The molecular weight excluding hydrogens is 478 g/mol. The lowest BCUT2D eigenvalue weighted by Crippen LogP contribution is -2.01. The third kappa shape index (κ3) is 5.44. The fourth-order valence-electron chi connectivity index (χ4n) is 3.40. The first-order valence-corrected chi connectivity index (χ1v) is 12.4. The van der Waals surface area contributed by atoms with Crippen molar-refractivity contribution in [3.63, 3.8) is 0 Å². The predicted octanol–water partition coefficient (Wildman–Crippen LogP) is 5.85. The molecule has 0 aliphatic carbocycles. The molecule has 0 radical (unpaired) electrons. The summed E-state index contributed by atoms with van der Waals surface area (Å²) in [6, 6.07) is 17.4. The molecule has 4 aromatic rings.